The van der Waals surface area contributed by atoms with Crippen molar-refractivity contribution in [2.24, 2.45) is 0 Å². The number of anilines is 1. The number of hydrogen-bond donors (Lipinski definition) is 1. The average Bonchev–Trinajstić information content (AvgIpc) is 3.07. The van der Waals surface area contributed by atoms with E-state index in [2.05, 4.69) is 20.3 Å². The van der Waals surface area contributed by atoms with Crippen LogP contribution in [0.25, 0.3) is 11.2 Å². The summed E-state index contributed by atoms with van der Waals surface area (Å²) in [6.45, 7) is 4.20. The van der Waals surface area contributed by atoms with E-state index in [-0.39, 0.29) is 43.2 Å². The Balaban J connectivity index is 1.88. The molecule has 0 aliphatic heterocycles. The maximum absolute atomic E-state index is 12.3. The molecule has 0 spiro atoms. The van der Waals surface area contributed by atoms with E-state index in [1.807, 2.05) is 54.8 Å². The Morgan fingerprint density at radius 3 is 2.78 bits per heavy atom. The number of nitrogens with zero attached hydrogens (tertiary/aromatic N) is 5. The second kappa shape index (κ2) is 8.27. The van der Waals surface area contributed by atoms with E-state index in [0.29, 0.717) is 11.2 Å². The van der Waals surface area contributed by atoms with Gasteiger partial charge in [0.25, 0.3) is 0 Å². The van der Waals surface area contributed by atoms with Crippen LogP contribution in [0.5, 0.6) is 5.88 Å². The number of carbonyl (C=O) groups excluding carboxylic acids is 1. The van der Waals surface area contributed by atoms with Crippen LogP contribution in [0.3, 0.4) is 0 Å². The quantitative estimate of drug-likeness (QED) is 0.646. The van der Waals surface area contributed by atoms with Gasteiger partial charge < -0.3 is 9.30 Å². The zero-order valence-electron chi connectivity index (χ0n) is 15.2. The lowest BCUT2D eigenvalue weighted by molar-refractivity contribution is -0.115. The highest BCUT2D eigenvalue weighted by molar-refractivity contribution is 5.91. The number of benzene rings is 1. The summed E-state index contributed by atoms with van der Waals surface area (Å²) in [4.78, 5) is 25.4. The second-order valence-electron chi connectivity index (χ2n) is 6.24. The molecule has 0 bridgehead atoms. The normalized spacial score (nSPS) is 10.7. The molecule has 8 heteroatoms. The topological polar surface area (TPSA) is 106 Å². The molecule has 1 aromatic carbocycles. The van der Waals surface area contributed by atoms with Crippen LogP contribution in [0.2, 0.25) is 0 Å². The van der Waals surface area contributed by atoms with E-state index in [1.54, 1.807) is 6.33 Å². The zero-order valence-corrected chi connectivity index (χ0v) is 15.2. The highest BCUT2D eigenvalue weighted by Gasteiger charge is 2.17. The Hall–Kier alpha value is -3.47. The van der Waals surface area contributed by atoms with E-state index in [0.717, 1.165) is 5.56 Å². The van der Waals surface area contributed by atoms with Gasteiger partial charge in [0.2, 0.25) is 17.7 Å². The average molecular weight is 364 g/mol. The van der Waals surface area contributed by atoms with Crippen LogP contribution in [0.1, 0.15) is 31.9 Å². The summed E-state index contributed by atoms with van der Waals surface area (Å²) in [5.41, 5.74) is 1.97. The monoisotopic (exact) mass is 364 g/mol. The molecule has 0 atom stereocenters. The van der Waals surface area contributed by atoms with E-state index < -0.39 is 0 Å². The first-order valence-corrected chi connectivity index (χ1v) is 8.66. The third kappa shape index (κ3) is 4.39. The lowest BCUT2D eigenvalue weighted by Crippen LogP contribution is -2.17. The predicted molar refractivity (Wildman–Crippen MR) is 100 cm³/mol. The fraction of sp³-hybridized carbons (Fsp3) is 0.316. The van der Waals surface area contributed by atoms with Gasteiger partial charge in [0, 0.05) is 6.04 Å². The van der Waals surface area contributed by atoms with Crippen molar-refractivity contribution >= 4 is 23.0 Å². The minimum atomic E-state index is -0.223. The largest absolute Gasteiger partial charge is 0.475 e. The Bertz CT molecular complexity index is 975. The first kappa shape index (κ1) is 18.3. The number of imidazole rings is 1. The molecular weight excluding hydrogens is 344 g/mol. The maximum atomic E-state index is 12.3. The Kier molecular flexibility index (Phi) is 5.61. The van der Waals surface area contributed by atoms with Gasteiger partial charge >= 0.3 is 0 Å². The first-order valence-electron chi connectivity index (χ1n) is 8.66. The SMILES string of the molecule is CC(C)n1cnc2c(OCCC#N)nc(NC(=O)Cc3ccccc3)nc21. The molecule has 0 fully saturated rings. The highest BCUT2D eigenvalue weighted by Crippen LogP contribution is 2.25. The van der Waals surface area contributed by atoms with Crippen LogP contribution in [0, 0.1) is 11.3 Å². The Labute approximate surface area is 156 Å². The van der Waals surface area contributed by atoms with E-state index >= 15 is 0 Å². The molecule has 1 N–H and O–H groups in total. The number of aromatic nitrogens is 4. The van der Waals surface area contributed by atoms with Gasteiger partial charge in [-0.3, -0.25) is 10.1 Å². The summed E-state index contributed by atoms with van der Waals surface area (Å²) in [6, 6.07) is 11.6. The van der Waals surface area contributed by atoms with Gasteiger partial charge in [0.05, 0.1) is 25.2 Å². The molecule has 138 valence electrons. The van der Waals surface area contributed by atoms with Crippen LogP contribution < -0.4 is 10.1 Å². The predicted octanol–water partition coefficient (Wildman–Crippen LogP) is 2.88. The molecule has 3 rings (SSSR count). The summed E-state index contributed by atoms with van der Waals surface area (Å²) in [5.74, 6) is 0.182. The molecule has 27 heavy (non-hydrogen) atoms. The highest BCUT2D eigenvalue weighted by atomic mass is 16.5. The van der Waals surface area contributed by atoms with Crippen molar-refractivity contribution < 1.29 is 9.53 Å². The van der Waals surface area contributed by atoms with E-state index in [4.69, 9.17) is 10.00 Å². The Morgan fingerprint density at radius 2 is 2.07 bits per heavy atom. The van der Waals surface area contributed by atoms with Gasteiger partial charge in [0.1, 0.15) is 6.61 Å². The molecule has 8 nitrogen and oxygen atoms in total. The van der Waals surface area contributed by atoms with Crippen molar-refractivity contribution in [1.82, 2.24) is 19.5 Å². The van der Waals surface area contributed by atoms with Crippen molar-refractivity contribution in [3.63, 3.8) is 0 Å². The standard InChI is InChI=1S/C19H20N6O2/c1-13(2)25-12-21-16-17(25)23-19(24-18(16)27-10-6-9-20)22-15(26)11-14-7-4-3-5-8-14/h3-5,7-8,12-13H,6,10-11H2,1-2H3,(H,22,23,24,26). The molecule has 2 heterocycles. The van der Waals surface area contributed by atoms with Crippen molar-refractivity contribution in [2.75, 3.05) is 11.9 Å². The van der Waals surface area contributed by atoms with Crippen LogP contribution in [-0.4, -0.2) is 32.0 Å². The van der Waals surface area contributed by atoms with Gasteiger partial charge in [0.15, 0.2) is 11.2 Å². The Morgan fingerprint density at radius 1 is 1.30 bits per heavy atom. The van der Waals surface area contributed by atoms with Crippen molar-refractivity contribution in [1.29, 1.82) is 5.26 Å². The number of carbonyl (C=O) groups is 1. The number of amides is 1. The third-order valence-electron chi connectivity index (χ3n) is 3.86. The molecule has 0 aliphatic carbocycles. The van der Waals surface area contributed by atoms with E-state index in [1.165, 1.54) is 0 Å². The number of hydrogen-bond acceptors (Lipinski definition) is 6. The molecule has 0 saturated carbocycles. The number of ether oxygens (including phenoxy) is 1. The number of nitrogens with one attached hydrogen (secondary N) is 1. The second-order valence-corrected chi connectivity index (χ2v) is 6.24. The molecule has 3 aromatic rings. The lowest BCUT2D eigenvalue weighted by Gasteiger charge is -2.11. The van der Waals surface area contributed by atoms with E-state index in [9.17, 15) is 4.79 Å². The first-order chi connectivity index (χ1) is 13.1. The lowest BCUT2D eigenvalue weighted by atomic mass is 10.1. The fourth-order valence-electron chi connectivity index (χ4n) is 2.57. The molecule has 0 unspecified atom stereocenters. The van der Waals surface area contributed by atoms with Gasteiger partial charge in [-0.25, -0.2) is 4.98 Å². The van der Waals surface area contributed by atoms with Crippen molar-refractivity contribution in [3.8, 4) is 11.9 Å². The molecular formula is C19H20N6O2. The van der Waals surface area contributed by atoms with Gasteiger partial charge in [-0.15, -0.1) is 0 Å². The molecule has 0 aliphatic rings. The molecule has 0 radical (unpaired) electrons. The molecule has 0 saturated heterocycles. The summed E-state index contributed by atoms with van der Waals surface area (Å²) < 4.78 is 7.47. The zero-order chi connectivity index (χ0) is 19.2. The van der Waals surface area contributed by atoms with Crippen LogP contribution in [0.4, 0.5) is 5.95 Å². The van der Waals surface area contributed by atoms with Crippen LogP contribution in [0.15, 0.2) is 36.7 Å². The van der Waals surface area contributed by atoms with Crippen molar-refractivity contribution in [3.05, 3.63) is 42.2 Å². The van der Waals surface area contributed by atoms with Gasteiger partial charge in [-0.2, -0.15) is 15.2 Å². The number of nitriles is 1. The van der Waals surface area contributed by atoms with Crippen LogP contribution in [-0.2, 0) is 11.2 Å². The molecule has 2 aromatic heterocycles. The minimum Gasteiger partial charge on any atom is -0.475 e. The fourth-order valence-corrected chi connectivity index (χ4v) is 2.57. The smallest absolute Gasteiger partial charge is 0.247 e. The molecule has 1 amide bonds. The summed E-state index contributed by atoms with van der Waals surface area (Å²) in [5, 5.41) is 11.4. The number of rotatable bonds is 7. The van der Waals surface area contributed by atoms with Gasteiger partial charge in [-0.1, -0.05) is 30.3 Å². The third-order valence-corrected chi connectivity index (χ3v) is 3.86. The summed E-state index contributed by atoms with van der Waals surface area (Å²) in [7, 11) is 0. The maximum Gasteiger partial charge on any atom is 0.247 e. The summed E-state index contributed by atoms with van der Waals surface area (Å²) >= 11 is 0. The number of fused-ring (bicyclic) bond motifs is 1. The van der Waals surface area contributed by atoms with Gasteiger partial charge in [-0.05, 0) is 19.4 Å². The van der Waals surface area contributed by atoms with Crippen molar-refractivity contribution in [2.45, 2.75) is 32.7 Å². The minimum absolute atomic E-state index is 0.129. The summed E-state index contributed by atoms with van der Waals surface area (Å²) in [6.07, 6.45) is 2.11. The van der Waals surface area contributed by atoms with Crippen LogP contribution >= 0.6 is 0 Å².